The van der Waals surface area contributed by atoms with Gasteiger partial charge in [-0.15, -0.1) is 0 Å². The number of nitrogens with zero attached hydrogens (tertiary/aromatic N) is 1. The Labute approximate surface area is 106 Å². The van der Waals surface area contributed by atoms with Gasteiger partial charge in [0.05, 0.1) is 11.3 Å². The number of hydrogen-bond acceptors (Lipinski definition) is 4. The lowest BCUT2D eigenvalue weighted by atomic mass is 9.97. The van der Waals surface area contributed by atoms with Gasteiger partial charge in [0, 0.05) is 25.4 Å². The molecule has 0 saturated carbocycles. The van der Waals surface area contributed by atoms with Crippen LogP contribution in [-0.2, 0) is 0 Å². The van der Waals surface area contributed by atoms with Gasteiger partial charge in [0.1, 0.15) is 0 Å². The summed E-state index contributed by atoms with van der Waals surface area (Å²) in [5.74, 6) is -0.197. The van der Waals surface area contributed by atoms with Gasteiger partial charge in [-0.25, -0.2) is 0 Å². The Kier molecular flexibility index (Phi) is 3.72. The molecule has 1 heterocycles. The van der Waals surface area contributed by atoms with Crippen molar-refractivity contribution in [2.24, 2.45) is 11.7 Å². The molecule has 2 rings (SSSR count). The fourth-order valence-electron chi connectivity index (χ4n) is 2.45. The average Bonchev–Trinajstić information content (AvgIpc) is 2.38. The highest BCUT2D eigenvalue weighted by atomic mass is 16.3. The Balaban J connectivity index is 2.31. The summed E-state index contributed by atoms with van der Waals surface area (Å²) < 4.78 is 0. The predicted octanol–water partition coefficient (Wildman–Crippen LogP) is 0.576. The lowest BCUT2D eigenvalue weighted by Crippen LogP contribution is -2.38. The van der Waals surface area contributed by atoms with Gasteiger partial charge in [0.15, 0.2) is 0 Å². The number of nitrogens with two attached hydrogens (primary N) is 2. The first-order valence-corrected chi connectivity index (χ1v) is 6.17. The molecule has 1 aromatic rings. The number of carbonyl (C=O) groups is 1. The highest BCUT2D eigenvalue weighted by Gasteiger charge is 2.22. The van der Waals surface area contributed by atoms with Gasteiger partial charge in [-0.1, -0.05) is 0 Å². The van der Waals surface area contributed by atoms with Crippen molar-refractivity contribution >= 4 is 17.3 Å². The molecule has 0 aromatic heterocycles. The second-order valence-corrected chi connectivity index (χ2v) is 4.78. The van der Waals surface area contributed by atoms with Crippen molar-refractivity contribution in [3.05, 3.63) is 23.8 Å². The number of primary amides is 1. The summed E-state index contributed by atoms with van der Waals surface area (Å²) in [6, 6.07) is 5.12. The maximum absolute atomic E-state index is 11.4. The van der Waals surface area contributed by atoms with Crippen molar-refractivity contribution in [2.45, 2.75) is 12.8 Å². The van der Waals surface area contributed by atoms with Crippen LogP contribution in [0, 0.1) is 5.92 Å². The quantitative estimate of drug-likeness (QED) is 0.683. The number of aliphatic hydroxyl groups excluding tert-OH is 1. The van der Waals surface area contributed by atoms with Gasteiger partial charge in [0.25, 0.3) is 5.91 Å². The van der Waals surface area contributed by atoms with Crippen LogP contribution in [0.3, 0.4) is 0 Å². The van der Waals surface area contributed by atoms with Gasteiger partial charge in [-0.05, 0) is 37.0 Å². The lowest BCUT2D eigenvalue weighted by Gasteiger charge is -2.34. The number of nitrogen functional groups attached to an aromatic ring is 1. The zero-order chi connectivity index (χ0) is 13.1. The van der Waals surface area contributed by atoms with Crippen molar-refractivity contribution < 1.29 is 9.90 Å². The van der Waals surface area contributed by atoms with Crippen molar-refractivity contribution in [1.29, 1.82) is 0 Å². The maximum Gasteiger partial charge on any atom is 0.250 e. The second-order valence-electron chi connectivity index (χ2n) is 4.78. The topological polar surface area (TPSA) is 92.6 Å². The van der Waals surface area contributed by atoms with Crippen LogP contribution >= 0.6 is 0 Å². The molecule has 1 aliphatic rings. The lowest BCUT2D eigenvalue weighted by molar-refractivity contribution is 0.100. The van der Waals surface area contributed by atoms with E-state index in [0.29, 0.717) is 11.3 Å². The Morgan fingerprint density at radius 1 is 1.50 bits per heavy atom. The zero-order valence-electron chi connectivity index (χ0n) is 10.3. The molecule has 18 heavy (non-hydrogen) atoms. The number of rotatable bonds is 3. The van der Waals surface area contributed by atoms with E-state index in [0.717, 1.165) is 31.6 Å². The molecule has 5 heteroatoms. The molecule has 1 amide bonds. The summed E-state index contributed by atoms with van der Waals surface area (Å²) in [6.07, 6.45) is 2.01. The van der Waals surface area contributed by atoms with Crippen molar-refractivity contribution in [2.75, 3.05) is 30.3 Å². The molecule has 1 unspecified atom stereocenters. The summed E-state index contributed by atoms with van der Waals surface area (Å²) in [5.41, 5.74) is 13.0. The number of anilines is 2. The molecule has 5 nitrogen and oxygen atoms in total. The minimum atomic E-state index is -0.448. The highest BCUT2D eigenvalue weighted by Crippen LogP contribution is 2.28. The van der Waals surface area contributed by atoms with Crippen molar-refractivity contribution in [3.8, 4) is 0 Å². The fourth-order valence-corrected chi connectivity index (χ4v) is 2.45. The van der Waals surface area contributed by atoms with Crippen LogP contribution in [0.15, 0.2) is 18.2 Å². The van der Waals surface area contributed by atoms with Crippen LogP contribution < -0.4 is 16.4 Å². The molecule has 1 atom stereocenters. The van der Waals surface area contributed by atoms with E-state index in [1.165, 1.54) is 0 Å². The largest absolute Gasteiger partial charge is 0.399 e. The number of carbonyl (C=O) groups excluding carboxylic acids is 1. The van der Waals surface area contributed by atoms with Gasteiger partial charge < -0.3 is 21.5 Å². The molecular formula is C13H19N3O2. The van der Waals surface area contributed by atoms with Crippen LogP contribution in [0.4, 0.5) is 11.4 Å². The van der Waals surface area contributed by atoms with E-state index in [-0.39, 0.29) is 12.5 Å². The van der Waals surface area contributed by atoms with E-state index >= 15 is 0 Å². The van der Waals surface area contributed by atoms with Crippen LogP contribution in [0.5, 0.6) is 0 Å². The van der Waals surface area contributed by atoms with Crippen LogP contribution in [0.2, 0.25) is 0 Å². The van der Waals surface area contributed by atoms with Gasteiger partial charge >= 0.3 is 0 Å². The minimum Gasteiger partial charge on any atom is -0.399 e. The van der Waals surface area contributed by atoms with Gasteiger partial charge in [0.2, 0.25) is 0 Å². The van der Waals surface area contributed by atoms with E-state index < -0.39 is 5.91 Å². The SMILES string of the molecule is NC(=O)c1ccc(N)cc1N1CCCC(CO)C1. The summed E-state index contributed by atoms with van der Waals surface area (Å²) in [5, 5.41) is 9.25. The molecule has 0 bridgehead atoms. The first kappa shape index (κ1) is 12.7. The molecule has 0 aliphatic carbocycles. The molecule has 1 fully saturated rings. The summed E-state index contributed by atoms with van der Waals surface area (Å²) in [6.45, 7) is 1.77. The van der Waals surface area contributed by atoms with E-state index in [1.807, 2.05) is 0 Å². The van der Waals surface area contributed by atoms with Crippen LogP contribution in [-0.4, -0.2) is 30.7 Å². The van der Waals surface area contributed by atoms with Crippen molar-refractivity contribution in [1.82, 2.24) is 0 Å². The smallest absolute Gasteiger partial charge is 0.250 e. The number of hydrogen-bond donors (Lipinski definition) is 3. The molecule has 1 saturated heterocycles. The Morgan fingerprint density at radius 2 is 2.28 bits per heavy atom. The summed E-state index contributed by atoms with van der Waals surface area (Å²) in [4.78, 5) is 13.5. The molecular weight excluding hydrogens is 230 g/mol. The van der Waals surface area contributed by atoms with Crippen molar-refractivity contribution in [3.63, 3.8) is 0 Å². The molecule has 98 valence electrons. The molecule has 1 aliphatic heterocycles. The monoisotopic (exact) mass is 249 g/mol. The third-order valence-electron chi connectivity index (χ3n) is 3.41. The van der Waals surface area contributed by atoms with E-state index in [4.69, 9.17) is 11.5 Å². The Morgan fingerprint density at radius 3 is 2.94 bits per heavy atom. The molecule has 1 aromatic carbocycles. The molecule has 0 radical (unpaired) electrons. The predicted molar refractivity (Wildman–Crippen MR) is 71.4 cm³/mol. The van der Waals surface area contributed by atoms with Gasteiger partial charge in [-0.3, -0.25) is 4.79 Å². The fraction of sp³-hybridized carbons (Fsp3) is 0.462. The third kappa shape index (κ3) is 2.56. The summed E-state index contributed by atoms with van der Waals surface area (Å²) >= 11 is 0. The normalized spacial score (nSPS) is 19.8. The van der Waals surface area contributed by atoms with E-state index in [2.05, 4.69) is 4.90 Å². The second kappa shape index (κ2) is 5.27. The Bertz CT molecular complexity index is 448. The number of amides is 1. The minimum absolute atomic E-state index is 0.171. The molecule has 0 spiro atoms. The summed E-state index contributed by atoms with van der Waals surface area (Å²) in [7, 11) is 0. The first-order chi connectivity index (χ1) is 8.61. The molecule has 5 N–H and O–H groups in total. The highest BCUT2D eigenvalue weighted by molar-refractivity contribution is 5.99. The first-order valence-electron chi connectivity index (χ1n) is 6.17. The third-order valence-corrected chi connectivity index (χ3v) is 3.41. The number of benzene rings is 1. The van der Waals surface area contributed by atoms with E-state index in [9.17, 15) is 9.90 Å². The van der Waals surface area contributed by atoms with Crippen LogP contribution in [0.25, 0.3) is 0 Å². The standard InChI is InChI=1S/C13H19N3O2/c14-10-3-4-11(13(15)18)12(6-10)16-5-1-2-9(7-16)8-17/h3-4,6,9,17H,1-2,5,7-8,14H2,(H2,15,18). The average molecular weight is 249 g/mol. The number of piperidine rings is 1. The maximum atomic E-state index is 11.4. The number of aliphatic hydroxyl groups is 1. The van der Waals surface area contributed by atoms with E-state index in [1.54, 1.807) is 18.2 Å². The van der Waals surface area contributed by atoms with Crippen LogP contribution in [0.1, 0.15) is 23.2 Å². The van der Waals surface area contributed by atoms with Gasteiger partial charge in [-0.2, -0.15) is 0 Å². The zero-order valence-corrected chi connectivity index (χ0v) is 10.3. The Hall–Kier alpha value is -1.75.